The van der Waals surface area contributed by atoms with Gasteiger partial charge in [-0.25, -0.2) is 4.98 Å². The normalized spacial score (nSPS) is 18.8. The molecule has 2 N–H and O–H groups in total. The van der Waals surface area contributed by atoms with Crippen molar-refractivity contribution < 1.29 is 9.66 Å². The monoisotopic (exact) mass is 267 g/mol. The molecule has 104 valence electrons. The summed E-state index contributed by atoms with van der Waals surface area (Å²) < 4.78 is 5.12. The van der Waals surface area contributed by atoms with Crippen molar-refractivity contribution in [3.8, 4) is 0 Å². The van der Waals surface area contributed by atoms with Crippen LogP contribution in [0.2, 0.25) is 0 Å². The van der Waals surface area contributed by atoms with Crippen LogP contribution in [0, 0.1) is 23.0 Å². The molecule has 1 aliphatic rings. The first-order valence-electron chi connectivity index (χ1n) is 6.05. The van der Waals surface area contributed by atoms with E-state index < -0.39 is 4.92 Å². The largest absolute Gasteiger partial charge is 0.384 e. The third-order valence-corrected chi connectivity index (χ3v) is 3.23. The number of hydrogen-bond acceptors (Lipinski definition) is 7. The number of nitrogens with zero attached hydrogens (tertiary/aromatic N) is 4. The fourth-order valence-corrected chi connectivity index (χ4v) is 2.40. The molecule has 8 nitrogen and oxygen atoms in total. The first-order chi connectivity index (χ1) is 9.02. The number of nitrogen functional groups attached to an aromatic ring is 1. The van der Waals surface area contributed by atoms with Crippen molar-refractivity contribution in [3.05, 3.63) is 15.8 Å². The van der Waals surface area contributed by atoms with Crippen LogP contribution in [0.1, 0.15) is 12.1 Å². The summed E-state index contributed by atoms with van der Waals surface area (Å²) in [5, 5.41) is 11.2. The second-order valence-corrected chi connectivity index (χ2v) is 4.65. The average Bonchev–Trinajstić information content (AvgIpc) is 2.76. The summed E-state index contributed by atoms with van der Waals surface area (Å²) >= 11 is 0. The Morgan fingerprint density at radius 1 is 1.58 bits per heavy atom. The molecule has 0 spiro atoms. The van der Waals surface area contributed by atoms with E-state index in [-0.39, 0.29) is 11.6 Å². The predicted octanol–water partition coefficient (Wildman–Crippen LogP) is 0.748. The van der Waals surface area contributed by atoms with Crippen molar-refractivity contribution in [2.24, 2.45) is 5.92 Å². The standard InChI is InChI=1S/C11H17N5O3/c1-7-9(16(17)18)10(14-11(12)13-7)15-4-3-8(5-15)6-19-2/h8H,3-6H2,1-2H3,(H2,12,13,14). The fraction of sp³-hybridized carbons (Fsp3) is 0.636. The molecule has 0 bridgehead atoms. The van der Waals surface area contributed by atoms with Gasteiger partial charge in [0.25, 0.3) is 0 Å². The molecule has 2 heterocycles. The van der Waals surface area contributed by atoms with E-state index in [0.29, 0.717) is 37.1 Å². The number of nitrogens with two attached hydrogens (primary N) is 1. The Kier molecular flexibility index (Phi) is 3.79. The fourth-order valence-electron chi connectivity index (χ4n) is 2.40. The maximum absolute atomic E-state index is 11.2. The smallest absolute Gasteiger partial charge is 0.332 e. The van der Waals surface area contributed by atoms with Gasteiger partial charge in [-0.15, -0.1) is 0 Å². The highest BCUT2D eigenvalue weighted by atomic mass is 16.6. The van der Waals surface area contributed by atoms with Crippen LogP contribution < -0.4 is 10.6 Å². The van der Waals surface area contributed by atoms with E-state index in [2.05, 4.69) is 9.97 Å². The van der Waals surface area contributed by atoms with Crippen LogP contribution >= 0.6 is 0 Å². The van der Waals surface area contributed by atoms with Crippen molar-refractivity contribution in [1.29, 1.82) is 0 Å². The molecule has 1 aliphatic heterocycles. The molecule has 19 heavy (non-hydrogen) atoms. The number of aromatic nitrogens is 2. The van der Waals surface area contributed by atoms with Crippen LogP contribution in [0.3, 0.4) is 0 Å². The zero-order valence-electron chi connectivity index (χ0n) is 11.0. The average molecular weight is 267 g/mol. The first-order valence-corrected chi connectivity index (χ1v) is 6.05. The van der Waals surface area contributed by atoms with Crippen LogP contribution in [-0.4, -0.2) is 41.7 Å². The minimum absolute atomic E-state index is 0.0627. The molecule has 1 aromatic rings. The van der Waals surface area contributed by atoms with E-state index in [0.717, 1.165) is 6.42 Å². The van der Waals surface area contributed by atoms with E-state index in [1.807, 2.05) is 4.90 Å². The van der Waals surface area contributed by atoms with Gasteiger partial charge in [-0.1, -0.05) is 0 Å². The molecule has 0 amide bonds. The molecule has 1 aromatic heterocycles. The Morgan fingerprint density at radius 3 is 2.95 bits per heavy atom. The van der Waals surface area contributed by atoms with Crippen molar-refractivity contribution >= 4 is 17.5 Å². The van der Waals surface area contributed by atoms with Gasteiger partial charge in [0, 0.05) is 26.1 Å². The Bertz CT molecular complexity index is 493. The van der Waals surface area contributed by atoms with Gasteiger partial charge in [0.05, 0.1) is 11.5 Å². The van der Waals surface area contributed by atoms with Gasteiger partial charge in [-0.3, -0.25) is 10.1 Å². The van der Waals surface area contributed by atoms with Crippen LogP contribution in [0.15, 0.2) is 0 Å². The minimum Gasteiger partial charge on any atom is -0.384 e. The predicted molar refractivity (Wildman–Crippen MR) is 70.0 cm³/mol. The number of aryl methyl sites for hydroxylation is 1. The number of hydrogen-bond donors (Lipinski definition) is 1. The number of rotatable bonds is 4. The van der Waals surface area contributed by atoms with Gasteiger partial charge in [0.2, 0.25) is 11.8 Å². The van der Waals surface area contributed by atoms with E-state index in [4.69, 9.17) is 10.5 Å². The molecular formula is C11H17N5O3. The molecule has 2 rings (SSSR count). The summed E-state index contributed by atoms with van der Waals surface area (Å²) in [6, 6.07) is 0. The van der Waals surface area contributed by atoms with Crippen LogP contribution in [0.25, 0.3) is 0 Å². The van der Waals surface area contributed by atoms with E-state index >= 15 is 0 Å². The lowest BCUT2D eigenvalue weighted by molar-refractivity contribution is -0.385. The Labute approximate surface area is 110 Å². The van der Waals surface area contributed by atoms with Gasteiger partial charge in [0.15, 0.2) is 0 Å². The molecule has 8 heteroatoms. The van der Waals surface area contributed by atoms with Crippen LogP contribution in [-0.2, 0) is 4.74 Å². The summed E-state index contributed by atoms with van der Waals surface area (Å²) in [6.07, 6.45) is 0.925. The van der Waals surface area contributed by atoms with Crippen molar-refractivity contribution in [2.45, 2.75) is 13.3 Å². The Hall–Kier alpha value is -1.96. The van der Waals surface area contributed by atoms with Crippen molar-refractivity contribution in [3.63, 3.8) is 0 Å². The molecule has 0 radical (unpaired) electrons. The quantitative estimate of drug-likeness (QED) is 0.633. The second-order valence-electron chi connectivity index (χ2n) is 4.65. The highest BCUT2D eigenvalue weighted by Crippen LogP contribution is 2.32. The maximum Gasteiger partial charge on any atom is 0.332 e. The van der Waals surface area contributed by atoms with Gasteiger partial charge in [0.1, 0.15) is 5.69 Å². The number of nitro groups is 1. The molecule has 0 saturated carbocycles. The van der Waals surface area contributed by atoms with Gasteiger partial charge in [-0.2, -0.15) is 4.98 Å². The molecule has 1 fully saturated rings. The Balaban J connectivity index is 2.32. The Morgan fingerprint density at radius 2 is 2.32 bits per heavy atom. The number of ether oxygens (including phenoxy) is 1. The van der Waals surface area contributed by atoms with Crippen LogP contribution in [0.5, 0.6) is 0 Å². The van der Waals surface area contributed by atoms with E-state index in [1.165, 1.54) is 0 Å². The highest BCUT2D eigenvalue weighted by molar-refractivity contribution is 5.62. The van der Waals surface area contributed by atoms with Gasteiger partial charge >= 0.3 is 5.69 Å². The third-order valence-electron chi connectivity index (χ3n) is 3.23. The zero-order chi connectivity index (χ0) is 14.0. The second kappa shape index (κ2) is 5.35. The molecule has 0 aromatic carbocycles. The lowest BCUT2D eigenvalue weighted by atomic mass is 10.1. The SMILES string of the molecule is COCC1CCN(c2nc(N)nc(C)c2[N+](=O)[O-])C1. The topological polar surface area (TPSA) is 107 Å². The summed E-state index contributed by atoms with van der Waals surface area (Å²) in [5.74, 6) is 0.739. The molecule has 1 atom stereocenters. The zero-order valence-corrected chi connectivity index (χ0v) is 11.0. The van der Waals surface area contributed by atoms with Gasteiger partial charge < -0.3 is 15.4 Å². The molecule has 1 saturated heterocycles. The van der Waals surface area contributed by atoms with E-state index in [1.54, 1.807) is 14.0 Å². The lowest BCUT2D eigenvalue weighted by Gasteiger charge is -2.18. The highest BCUT2D eigenvalue weighted by Gasteiger charge is 2.31. The molecular weight excluding hydrogens is 250 g/mol. The van der Waals surface area contributed by atoms with Crippen LogP contribution in [0.4, 0.5) is 17.5 Å². The van der Waals surface area contributed by atoms with Gasteiger partial charge in [-0.05, 0) is 13.3 Å². The third kappa shape index (κ3) is 2.73. The van der Waals surface area contributed by atoms with Crippen molar-refractivity contribution in [2.75, 3.05) is 37.4 Å². The van der Waals surface area contributed by atoms with Crippen molar-refractivity contribution in [1.82, 2.24) is 9.97 Å². The summed E-state index contributed by atoms with van der Waals surface area (Å²) in [7, 11) is 1.65. The van der Waals surface area contributed by atoms with E-state index in [9.17, 15) is 10.1 Å². The minimum atomic E-state index is -0.451. The molecule has 1 unspecified atom stereocenters. The molecule has 0 aliphatic carbocycles. The lowest BCUT2D eigenvalue weighted by Crippen LogP contribution is -2.24. The first kappa shape index (κ1) is 13.5. The summed E-state index contributed by atoms with van der Waals surface area (Å²) in [4.78, 5) is 20.5. The summed E-state index contributed by atoms with van der Waals surface area (Å²) in [6.45, 7) is 3.61. The maximum atomic E-state index is 11.2. The summed E-state index contributed by atoms with van der Waals surface area (Å²) in [5.41, 5.74) is 5.82. The number of anilines is 2. The number of methoxy groups -OCH3 is 1.